The average Bonchev–Trinajstić information content (AvgIpc) is 3.12. The van der Waals surface area contributed by atoms with Crippen molar-refractivity contribution in [3.05, 3.63) is 65.7 Å². The third-order valence-corrected chi connectivity index (χ3v) is 4.54. The highest BCUT2D eigenvalue weighted by molar-refractivity contribution is 7.13. The number of nitrogens with zero attached hydrogens (tertiary/aromatic N) is 2. The van der Waals surface area contributed by atoms with Gasteiger partial charge in [0.05, 0.1) is 11.4 Å². The number of halogens is 3. The zero-order valence-electron chi connectivity index (χ0n) is 14.6. The number of hydrogen-bond donors (Lipinski definition) is 2. The van der Waals surface area contributed by atoms with E-state index in [1.165, 1.54) is 18.2 Å². The molecule has 0 aliphatic heterocycles. The van der Waals surface area contributed by atoms with Gasteiger partial charge in [-0.3, -0.25) is 4.99 Å². The van der Waals surface area contributed by atoms with Crippen LogP contribution in [0.15, 0.2) is 65.0 Å². The Hall–Kier alpha value is -3.07. The van der Waals surface area contributed by atoms with Crippen LogP contribution in [0, 0.1) is 0 Å². The zero-order chi connectivity index (χ0) is 20.0. The van der Waals surface area contributed by atoms with E-state index in [4.69, 9.17) is 5.73 Å². The number of alkyl halides is 3. The predicted octanol–water partition coefficient (Wildman–Crippen LogP) is 4.68. The molecular weight excluding hydrogens is 389 g/mol. The summed E-state index contributed by atoms with van der Waals surface area (Å²) in [4.78, 5) is 8.70. The van der Waals surface area contributed by atoms with E-state index in [1.54, 1.807) is 17.4 Å². The summed E-state index contributed by atoms with van der Waals surface area (Å²) >= 11 is 1.54. The number of ether oxygens (including phenoxy) is 1. The second kappa shape index (κ2) is 8.75. The van der Waals surface area contributed by atoms with Gasteiger partial charge in [-0.2, -0.15) is 0 Å². The Kier molecular flexibility index (Phi) is 6.15. The van der Waals surface area contributed by atoms with Gasteiger partial charge < -0.3 is 15.8 Å². The van der Waals surface area contributed by atoms with Crippen LogP contribution in [0.4, 0.5) is 18.9 Å². The van der Waals surface area contributed by atoms with Gasteiger partial charge in [-0.15, -0.1) is 24.5 Å². The number of nitrogens with two attached hydrogens (primary N) is 1. The minimum Gasteiger partial charge on any atom is -0.404 e. The first-order chi connectivity index (χ1) is 13.4. The standard InChI is InChI=1S/C19H17F3N4OS/c20-19(21,22)27-16-9-5-4-8-15(16)26-18(23)24-11-10-14-12-28-17(25-14)13-6-2-1-3-7-13/h1-9,12H,10-11H2,(H3,23,24,26). The van der Waals surface area contributed by atoms with Crippen LogP contribution in [-0.2, 0) is 6.42 Å². The number of anilines is 1. The molecule has 0 saturated carbocycles. The number of aliphatic imine (C=N–C) groups is 1. The highest BCUT2D eigenvalue weighted by Gasteiger charge is 2.32. The summed E-state index contributed by atoms with van der Waals surface area (Å²) in [5.41, 5.74) is 7.79. The van der Waals surface area contributed by atoms with Crippen molar-refractivity contribution in [2.45, 2.75) is 12.8 Å². The molecule has 2 aromatic carbocycles. The van der Waals surface area contributed by atoms with Gasteiger partial charge in [0.1, 0.15) is 5.01 Å². The molecule has 9 heteroatoms. The third-order valence-electron chi connectivity index (χ3n) is 3.60. The maximum absolute atomic E-state index is 12.5. The monoisotopic (exact) mass is 406 g/mol. The number of aromatic nitrogens is 1. The molecule has 0 saturated heterocycles. The molecule has 0 fully saturated rings. The SMILES string of the molecule is NC(=NCCc1csc(-c2ccccc2)n1)Nc1ccccc1OC(F)(F)F. The number of nitrogens with one attached hydrogen (secondary N) is 1. The minimum atomic E-state index is -4.79. The van der Waals surface area contributed by atoms with E-state index in [9.17, 15) is 13.2 Å². The molecule has 0 amide bonds. The molecule has 28 heavy (non-hydrogen) atoms. The molecule has 0 aliphatic carbocycles. The first-order valence-electron chi connectivity index (χ1n) is 8.32. The quantitative estimate of drug-likeness (QED) is 0.461. The molecule has 3 aromatic rings. The maximum atomic E-state index is 12.5. The van der Waals surface area contributed by atoms with Crippen molar-refractivity contribution in [2.75, 3.05) is 11.9 Å². The van der Waals surface area contributed by atoms with Crippen molar-refractivity contribution in [1.29, 1.82) is 0 Å². The highest BCUT2D eigenvalue weighted by Crippen LogP contribution is 2.29. The van der Waals surface area contributed by atoms with Gasteiger partial charge in [-0.05, 0) is 12.1 Å². The fourth-order valence-electron chi connectivity index (χ4n) is 2.39. The molecule has 1 aromatic heterocycles. The first kappa shape index (κ1) is 19.7. The van der Waals surface area contributed by atoms with E-state index in [0.29, 0.717) is 13.0 Å². The molecule has 5 nitrogen and oxygen atoms in total. The van der Waals surface area contributed by atoms with Gasteiger partial charge in [0.25, 0.3) is 0 Å². The molecule has 0 aliphatic rings. The number of benzene rings is 2. The first-order valence-corrected chi connectivity index (χ1v) is 9.20. The van der Waals surface area contributed by atoms with E-state index >= 15 is 0 Å². The van der Waals surface area contributed by atoms with E-state index in [2.05, 4.69) is 20.0 Å². The Balaban J connectivity index is 1.58. The maximum Gasteiger partial charge on any atom is 0.573 e. The fourth-order valence-corrected chi connectivity index (χ4v) is 3.25. The van der Waals surface area contributed by atoms with Crippen LogP contribution in [-0.4, -0.2) is 23.9 Å². The number of rotatable bonds is 6. The predicted molar refractivity (Wildman–Crippen MR) is 104 cm³/mol. The minimum absolute atomic E-state index is 0.00302. The lowest BCUT2D eigenvalue weighted by molar-refractivity contribution is -0.274. The van der Waals surface area contributed by atoms with Crippen LogP contribution in [0.5, 0.6) is 5.75 Å². The summed E-state index contributed by atoms with van der Waals surface area (Å²) in [6, 6.07) is 15.5. The second-order valence-corrected chi connectivity index (χ2v) is 6.55. The third kappa shape index (κ3) is 5.71. The lowest BCUT2D eigenvalue weighted by atomic mass is 10.2. The number of hydrogen-bond acceptors (Lipinski definition) is 4. The highest BCUT2D eigenvalue weighted by atomic mass is 32.1. The fraction of sp³-hybridized carbons (Fsp3) is 0.158. The molecule has 3 N–H and O–H groups in total. The van der Waals surface area contributed by atoms with Crippen LogP contribution in [0.1, 0.15) is 5.69 Å². The van der Waals surface area contributed by atoms with Crippen molar-refractivity contribution < 1.29 is 17.9 Å². The lowest BCUT2D eigenvalue weighted by Gasteiger charge is -2.14. The van der Waals surface area contributed by atoms with Crippen molar-refractivity contribution in [3.8, 4) is 16.3 Å². The average molecular weight is 406 g/mol. The van der Waals surface area contributed by atoms with Crippen molar-refractivity contribution >= 4 is 23.0 Å². The molecule has 3 rings (SSSR count). The normalized spacial score (nSPS) is 12.0. The summed E-state index contributed by atoms with van der Waals surface area (Å²) in [5, 5.41) is 5.51. The van der Waals surface area contributed by atoms with E-state index in [0.717, 1.165) is 16.3 Å². The Morgan fingerprint density at radius 1 is 1.11 bits per heavy atom. The molecule has 0 atom stereocenters. The smallest absolute Gasteiger partial charge is 0.404 e. The topological polar surface area (TPSA) is 72.5 Å². The van der Waals surface area contributed by atoms with Gasteiger partial charge in [0, 0.05) is 23.9 Å². The molecule has 0 spiro atoms. The number of thiazole rings is 1. The molecule has 146 valence electrons. The zero-order valence-corrected chi connectivity index (χ0v) is 15.4. The van der Waals surface area contributed by atoms with Crippen molar-refractivity contribution in [2.24, 2.45) is 10.7 Å². The van der Waals surface area contributed by atoms with Crippen molar-refractivity contribution in [3.63, 3.8) is 0 Å². The number of guanidine groups is 1. The van der Waals surface area contributed by atoms with Crippen LogP contribution >= 0.6 is 11.3 Å². The van der Waals surface area contributed by atoms with Gasteiger partial charge in [-0.25, -0.2) is 4.98 Å². The van der Waals surface area contributed by atoms with Gasteiger partial charge in [-0.1, -0.05) is 42.5 Å². The largest absolute Gasteiger partial charge is 0.573 e. The summed E-state index contributed by atoms with van der Waals surface area (Å²) in [6.45, 7) is 0.346. The summed E-state index contributed by atoms with van der Waals surface area (Å²) in [5.74, 6) is -0.378. The van der Waals surface area contributed by atoms with Crippen LogP contribution in [0.3, 0.4) is 0 Å². The summed E-state index contributed by atoms with van der Waals surface area (Å²) in [6.07, 6.45) is -4.23. The molecule has 0 bridgehead atoms. The van der Waals surface area contributed by atoms with E-state index in [1.807, 2.05) is 35.7 Å². The van der Waals surface area contributed by atoms with Crippen molar-refractivity contribution in [1.82, 2.24) is 4.98 Å². The van der Waals surface area contributed by atoms with Crippen LogP contribution < -0.4 is 15.8 Å². The lowest BCUT2D eigenvalue weighted by Crippen LogP contribution is -2.24. The van der Waals surface area contributed by atoms with Gasteiger partial charge >= 0.3 is 6.36 Å². The Morgan fingerprint density at radius 2 is 1.82 bits per heavy atom. The molecule has 0 radical (unpaired) electrons. The summed E-state index contributed by atoms with van der Waals surface area (Å²) in [7, 11) is 0. The second-order valence-electron chi connectivity index (χ2n) is 5.70. The van der Waals surface area contributed by atoms with Gasteiger partial charge in [0.15, 0.2) is 11.7 Å². The Morgan fingerprint density at radius 3 is 2.57 bits per heavy atom. The molecule has 1 heterocycles. The van der Waals surface area contributed by atoms with Crippen LogP contribution in [0.2, 0.25) is 0 Å². The Bertz CT molecular complexity index is 942. The van der Waals surface area contributed by atoms with Crippen LogP contribution in [0.25, 0.3) is 10.6 Å². The van der Waals surface area contributed by atoms with Gasteiger partial charge in [0.2, 0.25) is 0 Å². The van der Waals surface area contributed by atoms with E-state index in [-0.39, 0.29) is 17.4 Å². The number of para-hydroxylation sites is 2. The van der Waals surface area contributed by atoms with E-state index < -0.39 is 6.36 Å². The Labute approximate surface area is 163 Å². The molecule has 0 unspecified atom stereocenters. The summed E-state index contributed by atoms with van der Waals surface area (Å²) < 4.78 is 41.3. The molecular formula is C19H17F3N4OS.